The fourth-order valence-corrected chi connectivity index (χ4v) is 2.74. The van der Waals surface area contributed by atoms with Crippen molar-refractivity contribution in [3.63, 3.8) is 0 Å². The third-order valence-corrected chi connectivity index (χ3v) is 3.70. The molecule has 2 heterocycles. The number of aryl methyl sites for hydroxylation is 1. The number of fused-ring (bicyclic) bond motifs is 1. The lowest BCUT2D eigenvalue weighted by molar-refractivity contribution is 0.0127. The molecule has 1 aromatic carbocycles. The normalized spacial score (nSPS) is 19.9. The number of nitrogens with zero attached hydrogens (tertiary/aromatic N) is 2. The molecule has 0 bridgehead atoms. The van der Waals surface area contributed by atoms with Crippen molar-refractivity contribution >= 4 is 10.9 Å². The van der Waals surface area contributed by atoms with E-state index in [1.54, 1.807) is 0 Å². The summed E-state index contributed by atoms with van der Waals surface area (Å²) in [5.41, 5.74) is 2.20. The first kappa shape index (κ1) is 12.6. The Morgan fingerprint density at radius 3 is 3.00 bits per heavy atom. The van der Waals surface area contributed by atoms with E-state index in [0.717, 1.165) is 43.6 Å². The van der Waals surface area contributed by atoms with Crippen molar-refractivity contribution < 1.29 is 9.84 Å². The zero-order valence-electron chi connectivity index (χ0n) is 11.1. The van der Waals surface area contributed by atoms with E-state index in [1.807, 2.05) is 16.8 Å². The molecule has 1 unspecified atom stereocenters. The number of benzene rings is 1. The Labute approximate surface area is 113 Å². The van der Waals surface area contributed by atoms with Crippen LogP contribution in [0.3, 0.4) is 0 Å². The quantitative estimate of drug-likeness (QED) is 0.919. The highest BCUT2D eigenvalue weighted by atomic mass is 16.5. The number of aromatic nitrogens is 2. The molecule has 1 saturated heterocycles. The number of aliphatic hydroxyl groups is 1. The maximum Gasteiger partial charge on any atom is 0.102 e. The third-order valence-electron chi connectivity index (χ3n) is 3.70. The van der Waals surface area contributed by atoms with E-state index in [9.17, 15) is 0 Å². The third kappa shape index (κ3) is 2.51. The topological polar surface area (TPSA) is 47.3 Å². The molecule has 0 aliphatic carbocycles. The second-order valence-corrected chi connectivity index (χ2v) is 5.06. The van der Waals surface area contributed by atoms with Gasteiger partial charge in [-0.1, -0.05) is 18.2 Å². The molecule has 102 valence electrons. The van der Waals surface area contributed by atoms with Crippen LogP contribution in [0.2, 0.25) is 0 Å². The highest BCUT2D eigenvalue weighted by Crippen LogP contribution is 2.32. The molecular formula is C15H20N2O2. The van der Waals surface area contributed by atoms with Gasteiger partial charge in [0.2, 0.25) is 0 Å². The fraction of sp³-hybridized carbons (Fsp3) is 0.533. The molecule has 1 N–H and O–H groups in total. The first-order valence-electron chi connectivity index (χ1n) is 7.08. The Morgan fingerprint density at radius 1 is 1.32 bits per heavy atom. The minimum atomic E-state index is 0.133. The van der Waals surface area contributed by atoms with Gasteiger partial charge in [0.05, 0.1) is 11.2 Å². The molecule has 2 aromatic rings. The second-order valence-electron chi connectivity index (χ2n) is 5.06. The van der Waals surface area contributed by atoms with Crippen molar-refractivity contribution in [3.05, 3.63) is 30.0 Å². The summed E-state index contributed by atoms with van der Waals surface area (Å²) in [6.07, 6.45) is 4.29. The number of hydrogen-bond acceptors (Lipinski definition) is 3. The lowest BCUT2D eigenvalue weighted by atomic mass is 10.0. The van der Waals surface area contributed by atoms with Gasteiger partial charge in [0, 0.05) is 25.1 Å². The first-order valence-corrected chi connectivity index (χ1v) is 7.08. The van der Waals surface area contributed by atoms with Crippen LogP contribution in [0.5, 0.6) is 0 Å². The average Bonchev–Trinajstić information content (AvgIpc) is 2.85. The minimum absolute atomic E-state index is 0.133. The maximum atomic E-state index is 8.99. The van der Waals surface area contributed by atoms with Crippen molar-refractivity contribution in [2.24, 2.45) is 0 Å². The van der Waals surface area contributed by atoms with E-state index in [-0.39, 0.29) is 12.7 Å². The van der Waals surface area contributed by atoms with Crippen LogP contribution in [0.1, 0.15) is 37.5 Å². The van der Waals surface area contributed by atoms with E-state index in [1.165, 1.54) is 11.8 Å². The van der Waals surface area contributed by atoms with Crippen molar-refractivity contribution in [1.82, 2.24) is 9.78 Å². The van der Waals surface area contributed by atoms with Crippen molar-refractivity contribution in [2.45, 2.75) is 38.3 Å². The summed E-state index contributed by atoms with van der Waals surface area (Å²) in [6, 6.07) is 8.29. The molecule has 0 radical (unpaired) electrons. The molecule has 4 heteroatoms. The Kier molecular flexibility index (Phi) is 3.80. The predicted molar refractivity (Wildman–Crippen MR) is 74.0 cm³/mol. The Balaban J connectivity index is 1.98. The van der Waals surface area contributed by atoms with Crippen molar-refractivity contribution in [2.75, 3.05) is 13.2 Å². The van der Waals surface area contributed by atoms with Gasteiger partial charge >= 0.3 is 0 Å². The van der Waals surface area contributed by atoms with Crippen LogP contribution in [0.4, 0.5) is 0 Å². The lowest BCUT2D eigenvalue weighted by Gasteiger charge is -2.21. The Bertz CT molecular complexity index is 544. The summed E-state index contributed by atoms with van der Waals surface area (Å²) >= 11 is 0. The number of aliphatic hydroxyl groups excluding tert-OH is 1. The number of ether oxygens (including phenoxy) is 1. The Hall–Kier alpha value is -1.39. The van der Waals surface area contributed by atoms with Crippen molar-refractivity contribution in [3.8, 4) is 0 Å². The molecule has 1 fully saturated rings. The summed E-state index contributed by atoms with van der Waals surface area (Å²) in [6.45, 7) is 1.79. The molecule has 0 spiro atoms. The molecule has 1 atom stereocenters. The zero-order chi connectivity index (χ0) is 13.1. The summed E-state index contributed by atoms with van der Waals surface area (Å²) in [5.74, 6) is 0. The van der Waals surface area contributed by atoms with E-state index in [2.05, 4.69) is 12.1 Å². The van der Waals surface area contributed by atoms with Gasteiger partial charge in [0.25, 0.3) is 0 Å². The van der Waals surface area contributed by atoms with Gasteiger partial charge in [0.15, 0.2) is 0 Å². The van der Waals surface area contributed by atoms with Gasteiger partial charge in [-0.3, -0.25) is 4.68 Å². The van der Waals surface area contributed by atoms with Crippen LogP contribution in [0, 0.1) is 0 Å². The Morgan fingerprint density at radius 2 is 2.21 bits per heavy atom. The molecule has 3 rings (SSSR count). The molecule has 4 nitrogen and oxygen atoms in total. The van der Waals surface area contributed by atoms with Crippen LogP contribution >= 0.6 is 0 Å². The lowest BCUT2D eigenvalue weighted by Crippen LogP contribution is -2.13. The van der Waals surface area contributed by atoms with Gasteiger partial charge in [-0.15, -0.1) is 0 Å². The van der Waals surface area contributed by atoms with E-state index in [4.69, 9.17) is 14.9 Å². The summed E-state index contributed by atoms with van der Waals surface area (Å²) < 4.78 is 7.86. The van der Waals surface area contributed by atoms with E-state index in [0.29, 0.717) is 0 Å². The molecule has 1 aliphatic rings. The standard InChI is InChI=1S/C15H20N2O2/c18-10-5-9-17-13-7-2-1-6-12(13)15(16-17)14-8-3-4-11-19-14/h1-2,6-7,14,18H,3-5,8-11H2. The van der Waals surface area contributed by atoms with Crippen molar-refractivity contribution in [1.29, 1.82) is 0 Å². The highest BCUT2D eigenvalue weighted by Gasteiger charge is 2.22. The van der Waals surface area contributed by atoms with E-state index < -0.39 is 0 Å². The molecular weight excluding hydrogens is 240 g/mol. The van der Waals surface area contributed by atoms with Gasteiger partial charge < -0.3 is 9.84 Å². The maximum absolute atomic E-state index is 8.99. The summed E-state index contributed by atoms with van der Waals surface area (Å²) in [5, 5.41) is 14.9. The van der Waals surface area contributed by atoms with Gasteiger partial charge in [-0.05, 0) is 31.7 Å². The zero-order valence-corrected chi connectivity index (χ0v) is 11.1. The van der Waals surface area contributed by atoms with Gasteiger partial charge in [0.1, 0.15) is 6.10 Å². The van der Waals surface area contributed by atoms with Gasteiger partial charge in [-0.25, -0.2) is 0 Å². The number of para-hydroxylation sites is 1. The van der Waals surface area contributed by atoms with Crippen LogP contribution < -0.4 is 0 Å². The molecule has 1 aliphatic heterocycles. The molecule has 0 saturated carbocycles. The molecule has 1 aromatic heterocycles. The largest absolute Gasteiger partial charge is 0.396 e. The summed E-state index contributed by atoms with van der Waals surface area (Å²) in [4.78, 5) is 0. The second kappa shape index (κ2) is 5.72. The van der Waals surface area contributed by atoms with Crippen LogP contribution in [-0.4, -0.2) is 28.1 Å². The predicted octanol–water partition coefficient (Wildman–Crippen LogP) is 2.66. The van der Waals surface area contributed by atoms with Crippen LogP contribution in [-0.2, 0) is 11.3 Å². The van der Waals surface area contributed by atoms with Crippen LogP contribution in [0.15, 0.2) is 24.3 Å². The SMILES string of the molecule is OCCCn1nc(C2CCCCO2)c2ccccc21. The monoisotopic (exact) mass is 260 g/mol. The average molecular weight is 260 g/mol. The van der Waals surface area contributed by atoms with Crippen LogP contribution in [0.25, 0.3) is 10.9 Å². The van der Waals surface area contributed by atoms with E-state index >= 15 is 0 Å². The first-order chi connectivity index (χ1) is 9.40. The minimum Gasteiger partial charge on any atom is -0.396 e. The number of hydrogen-bond donors (Lipinski definition) is 1. The summed E-state index contributed by atoms with van der Waals surface area (Å²) in [7, 11) is 0. The molecule has 19 heavy (non-hydrogen) atoms. The molecule has 0 amide bonds. The number of rotatable bonds is 4. The fourth-order valence-electron chi connectivity index (χ4n) is 2.74. The smallest absolute Gasteiger partial charge is 0.102 e. The van der Waals surface area contributed by atoms with Gasteiger partial charge in [-0.2, -0.15) is 5.10 Å². The highest BCUT2D eigenvalue weighted by molar-refractivity contribution is 5.82.